The van der Waals surface area contributed by atoms with E-state index in [4.69, 9.17) is 11.6 Å². The summed E-state index contributed by atoms with van der Waals surface area (Å²) in [5.74, 6) is -0.0356. The van der Waals surface area contributed by atoms with Gasteiger partial charge >= 0.3 is 6.03 Å². The smallest absolute Gasteiger partial charge is 0.319 e. The highest BCUT2D eigenvalue weighted by atomic mass is 35.5. The first-order valence-electron chi connectivity index (χ1n) is 8.88. The topological polar surface area (TPSA) is 121 Å². The molecule has 0 fully saturated rings. The first-order valence-corrected chi connectivity index (χ1v) is 9.26. The van der Waals surface area contributed by atoms with Gasteiger partial charge in [0.25, 0.3) is 5.95 Å². The van der Waals surface area contributed by atoms with Gasteiger partial charge in [-0.05, 0) is 44.5 Å². The molecule has 0 spiro atoms. The number of amides is 2. The van der Waals surface area contributed by atoms with Crippen molar-refractivity contribution in [3.05, 3.63) is 59.1 Å². The van der Waals surface area contributed by atoms with Crippen LogP contribution in [0.1, 0.15) is 38.2 Å². The molecule has 1 atom stereocenters. The molecule has 0 radical (unpaired) electrons. The zero-order valence-corrected chi connectivity index (χ0v) is 17.1. The first kappa shape index (κ1) is 21.1. The number of halogens is 2. The molecule has 2 aromatic heterocycles. The molecule has 154 valence electrons. The number of nitriles is 1. The molecule has 1 aromatic carbocycles. The summed E-state index contributed by atoms with van der Waals surface area (Å²) in [6, 6.07) is 4.92. The SMILES string of the molecule is C[C@H](NC(=O)Nc1cc(C(C)(C)C#N)c(Cl)cc1F)c1ncnn1-c1ncccn1. The van der Waals surface area contributed by atoms with Crippen molar-refractivity contribution in [1.82, 2.24) is 30.0 Å². The molecule has 3 rings (SSSR count). The van der Waals surface area contributed by atoms with Crippen molar-refractivity contribution in [2.24, 2.45) is 0 Å². The lowest BCUT2D eigenvalue weighted by atomic mass is 9.86. The van der Waals surface area contributed by atoms with E-state index >= 15 is 0 Å². The second-order valence-electron chi connectivity index (χ2n) is 6.95. The molecule has 11 heteroatoms. The second kappa shape index (κ2) is 8.42. The molecule has 2 heterocycles. The Morgan fingerprint density at radius 2 is 2.00 bits per heavy atom. The van der Waals surface area contributed by atoms with E-state index in [1.54, 1.807) is 39.2 Å². The van der Waals surface area contributed by atoms with Crippen LogP contribution in [-0.2, 0) is 5.41 Å². The fourth-order valence-electron chi connectivity index (χ4n) is 2.70. The Labute approximate surface area is 176 Å². The number of hydrogen-bond acceptors (Lipinski definition) is 6. The second-order valence-corrected chi connectivity index (χ2v) is 7.35. The number of anilines is 1. The molecule has 0 saturated heterocycles. The quantitative estimate of drug-likeness (QED) is 0.641. The minimum absolute atomic E-state index is 0.102. The van der Waals surface area contributed by atoms with Crippen LogP contribution in [-0.4, -0.2) is 30.8 Å². The maximum absolute atomic E-state index is 14.3. The van der Waals surface area contributed by atoms with E-state index < -0.39 is 23.3 Å². The minimum atomic E-state index is -0.961. The van der Waals surface area contributed by atoms with Crippen molar-refractivity contribution < 1.29 is 9.18 Å². The predicted octanol–water partition coefficient (Wildman–Crippen LogP) is 3.53. The average molecular weight is 429 g/mol. The van der Waals surface area contributed by atoms with Crippen molar-refractivity contribution in [3.8, 4) is 12.0 Å². The number of carbonyl (C=O) groups excluding carboxylic acids is 1. The molecule has 0 saturated carbocycles. The third-order valence-electron chi connectivity index (χ3n) is 4.31. The molecule has 9 nitrogen and oxygen atoms in total. The van der Waals surface area contributed by atoms with Crippen LogP contribution >= 0.6 is 11.6 Å². The van der Waals surface area contributed by atoms with Crippen molar-refractivity contribution in [1.29, 1.82) is 5.26 Å². The van der Waals surface area contributed by atoms with Gasteiger partial charge in [0.15, 0.2) is 5.82 Å². The van der Waals surface area contributed by atoms with Crippen LogP contribution in [0.15, 0.2) is 36.9 Å². The molecule has 0 bridgehead atoms. The van der Waals surface area contributed by atoms with Gasteiger partial charge in [-0.25, -0.2) is 24.1 Å². The largest absolute Gasteiger partial charge is 0.328 e. The lowest BCUT2D eigenvalue weighted by Gasteiger charge is -2.20. The number of nitrogens with one attached hydrogen (secondary N) is 2. The number of carbonyl (C=O) groups is 1. The fourth-order valence-corrected chi connectivity index (χ4v) is 3.09. The molecule has 30 heavy (non-hydrogen) atoms. The van der Waals surface area contributed by atoms with E-state index in [9.17, 15) is 14.4 Å². The molecule has 0 aliphatic heterocycles. The number of hydrogen-bond donors (Lipinski definition) is 2. The number of aromatic nitrogens is 5. The van der Waals surface area contributed by atoms with Crippen LogP contribution in [0.25, 0.3) is 5.95 Å². The molecule has 3 aromatic rings. The van der Waals surface area contributed by atoms with E-state index in [1.807, 2.05) is 0 Å². The Bertz CT molecular complexity index is 1110. The first-order chi connectivity index (χ1) is 14.2. The van der Waals surface area contributed by atoms with Gasteiger partial charge in [-0.2, -0.15) is 15.0 Å². The van der Waals surface area contributed by atoms with Gasteiger partial charge in [-0.15, -0.1) is 0 Å². The molecule has 2 N–H and O–H groups in total. The Kier molecular flexibility index (Phi) is 5.94. The van der Waals surface area contributed by atoms with Crippen molar-refractivity contribution in [2.75, 3.05) is 5.32 Å². The van der Waals surface area contributed by atoms with Gasteiger partial charge in [0.2, 0.25) is 0 Å². The van der Waals surface area contributed by atoms with Crippen LogP contribution in [0, 0.1) is 17.1 Å². The van der Waals surface area contributed by atoms with E-state index in [0.717, 1.165) is 6.07 Å². The summed E-state index contributed by atoms with van der Waals surface area (Å²) in [5, 5.41) is 18.6. The third kappa shape index (κ3) is 4.36. The normalized spacial score (nSPS) is 12.1. The zero-order chi connectivity index (χ0) is 21.9. The van der Waals surface area contributed by atoms with Gasteiger partial charge in [-0.1, -0.05) is 11.6 Å². The maximum atomic E-state index is 14.3. The molecule has 0 aliphatic carbocycles. The summed E-state index contributed by atoms with van der Waals surface area (Å²) in [7, 11) is 0. The highest BCUT2D eigenvalue weighted by Crippen LogP contribution is 2.33. The van der Waals surface area contributed by atoms with Crippen LogP contribution in [0.3, 0.4) is 0 Å². The van der Waals surface area contributed by atoms with Crippen molar-refractivity contribution in [2.45, 2.75) is 32.2 Å². The molecular weight excluding hydrogens is 411 g/mol. The van der Waals surface area contributed by atoms with Crippen molar-refractivity contribution in [3.63, 3.8) is 0 Å². The highest BCUT2D eigenvalue weighted by molar-refractivity contribution is 6.31. The van der Waals surface area contributed by atoms with Crippen LogP contribution < -0.4 is 10.6 Å². The Morgan fingerprint density at radius 1 is 1.30 bits per heavy atom. The molecule has 2 amide bonds. The van der Waals surface area contributed by atoms with E-state index in [2.05, 4.69) is 36.8 Å². The number of urea groups is 1. The fraction of sp³-hybridized carbons (Fsp3) is 0.263. The number of benzene rings is 1. The van der Waals surface area contributed by atoms with E-state index in [-0.39, 0.29) is 10.7 Å². The summed E-state index contributed by atoms with van der Waals surface area (Å²) in [5.41, 5.74) is -0.662. The number of nitrogens with zero attached hydrogens (tertiary/aromatic N) is 6. The number of rotatable bonds is 5. The van der Waals surface area contributed by atoms with Crippen LogP contribution in [0.4, 0.5) is 14.9 Å². The molecule has 0 unspecified atom stereocenters. The van der Waals surface area contributed by atoms with Crippen LogP contribution in [0.2, 0.25) is 5.02 Å². The van der Waals surface area contributed by atoms with Gasteiger partial charge in [0.1, 0.15) is 12.1 Å². The van der Waals surface area contributed by atoms with Gasteiger partial charge in [-0.3, -0.25) is 0 Å². The van der Waals surface area contributed by atoms with Gasteiger partial charge < -0.3 is 10.6 Å². The maximum Gasteiger partial charge on any atom is 0.319 e. The Hall–Kier alpha value is -3.58. The lowest BCUT2D eigenvalue weighted by Crippen LogP contribution is -2.33. The summed E-state index contributed by atoms with van der Waals surface area (Å²) < 4.78 is 15.7. The highest BCUT2D eigenvalue weighted by Gasteiger charge is 2.25. The summed E-state index contributed by atoms with van der Waals surface area (Å²) in [4.78, 5) is 24.8. The summed E-state index contributed by atoms with van der Waals surface area (Å²) in [6.45, 7) is 4.98. The average Bonchev–Trinajstić information content (AvgIpc) is 3.20. The Balaban J connectivity index is 1.78. The lowest BCUT2D eigenvalue weighted by molar-refractivity contribution is 0.248. The standard InChI is InChI=1S/C19H18ClFN8O/c1-11(16-25-10-26-29(16)17-23-5-4-6-24-17)27-18(30)28-15-7-12(19(2,3)9-22)13(20)8-14(15)21/h4-8,10-11H,1-3H3,(H2,27,28,30)/t11-/m0/s1. The van der Waals surface area contributed by atoms with E-state index in [1.165, 1.54) is 17.1 Å². The minimum Gasteiger partial charge on any atom is -0.328 e. The Morgan fingerprint density at radius 3 is 2.67 bits per heavy atom. The van der Waals surface area contributed by atoms with Crippen molar-refractivity contribution >= 4 is 23.3 Å². The summed E-state index contributed by atoms with van der Waals surface area (Å²) >= 11 is 6.08. The third-order valence-corrected chi connectivity index (χ3v) is 4.62. The van der Waals surface area contributed by atoms with Crippen LogP contribution in [0.5, 0.6) is 0 Å². The van der Waals surface area contributed by atoms with Gasteiger partial charge in [0, 0.05) is 17.4 Å². The zero-order valence-electron chi connectivity index (χ0n) is 16.4. The molecular formula is C19H18ClFN8O. The predicted molar refractivity (Wildman–Crippen MR) is 108 cm³/mol. The summed E-state index contributed by atoms with van der Waals surface area (Å²) in [6.07, 6.45) is 4.43. The molecule has 0 aliphatic rings. The van der Waals surface area contributed by atoms with Gasteiger partial charge in [0.05, 0.1) is 23.2 Å². The monoisotopic (exact) mass is 428 g/mol. The van der Waals surface area contributed by atoms with E-state index in [0.29, 0.717) is 17.3 Å².